The van der Waals surface area contributed by atoms with Crippen molar-refractivity contribution >= 4 is 10.9 Å². The van der Waals surface area contributed by atoms with E-state index >= 15 is 0 Å². The molecule has 1 aromatic carbocycles. The summed E-state index contributed by atoms with van der Waals surface area (Å²) >= 11 is 0. The van der Waals surface area contributed by atoms with Crippen molar-refractivity contribution in [1.82, 2.24) is 14.5 Å². The average molecular weight is 347 g/mol. The van der Waals surface area contributed by atoms with E-state index in [2.05, 4.69) is 21.8 Å². The molecule has 1 aliphatic rings. The molecule has 4 rings (SSSR count). The van der Waals surface area contributed by atoms with Crippen LogP contribution in [-0.4, -0.2) is 20.2 Å². The Hall–Kier alpha value is -3.00. The summed E-state index contributed by atoms with van der Waals surface area (Å²) in [5.74, 6) is 6.46. The van der Waals surface area contributed by atoms with Crippen LogP contribution in [0.5, 0.6) is 0 Å². The van der Waals surface area contributed by atoms with Crippen molar-refractivity contribution in [2.24, 2.45) is 5.92 Å². The lowest BCUT2D eigenvalue weighted by Gasteiger charge is -2.20. The fourth-order valence-electron chi connectivity index (χ4n) is 3.23. The highest BCUT2D eigenvalue weighted by molar-refractivity contribution is 5.79. The lowest BCUT2D eigenvalue weighted by molar-refractivity contribution is 0.123. The van der Waals surface area contributed by atoms with Gasteiger partial charge in [0, 0.05) is 30.6 Å². The maximum Gasteiger partial charge on any atom is 0.261 e. The second-order valence-electron chi connectivity index (χ2n) is 7.11. The first-order chi connectivity index (χ1) is 12.4. The predicted octanol–water partition coefficient (Wildman–Crippen LogP) is 3.11. The molecule has 0 amide bonds. The smallest absolute Gasteiger partial charge is 0.261 e. The van der Waals surface area contributed by atoms with Gasteiger partial charge in [-0.25, -0.2) is 14.4 Å². The largest absolute Gasteiger partial charge is 0.296 e. The molecule has 4 nitrogen and oxygen atoms in total. The Morgan fingerprint density at radius 3 is 2.81 bits per heavy atom. The predicted molar refractivity (Wildman–Crippen MR) is 98.6 cm³/mol. The van der Waals surface area contributed by atoms with Crippen LogP contribution in [0.25, 0.3) is 10.9 Å². The van der Waals surface area contributed by atoms with Crippen LogP contribution >= 0.6 is 0 Å². The van der Waals surface area contributed by atoms with Gasteiger partial charge in [-0.1, -0.05) is 12.0 Å². The molecule has 0 aliphatic carbocycles. The van der Waals surface area contributed by atoms with E-state index in [1.165, 1.54) is 0 Å². The number of halogens is 1. The van der Waals surface area contributed by atoms with Gasteiger partial charge in [0.2, 0.25) is 0 Å². The van der Waals surface area contributed by atoms with E-state index < -0.39 is 5.67 Å². The van der Waals surface area contributed by atoms with Crippen LogP contribution in [0.2, 0.25) is 0 Å². The van der Waals surface area contributed by atoms with Gasteiger partial charge in [-0.2, -0.15) is 0 Å². The first-order valence-corrected chi connectivity index (χ1v) is 8.57. The Balaban J connectivity index is 1.74. The van der Waals surface area contributed by atoms with Crippen molar-refractivity contribution in [3.05, 3.63) is 70.0 Å². The zero-order valence-electron chi connectivity index (χ0n) is 14.7. The van der Waals surface area contributed by atoms with E-state index in [0.717, 1.165) is 5.56 Å². The zero-order valence-corrected chi connectivity index (χ0v) is 14.7. The summed E-state index contributed by atoms with van der Waals surface area (Å²) in [6, 6.07) is 10.9. The normalized spacial score (nSPS) is 16.2. The zero-order chi connectivity index (χ0) is 18.3. The Labute approximate surface area is 150 Å². The molecule has 0 radical (unpaired) electrons. The fourth-order valence-corrected chi connectivity index (χ4v) is 3.23. The standard InChI is InChI=1S/C21H18FN3O/c1-21(2,22)15-12-19-24-18-11-14(6-8-16-5-3-4-10-23-16)7-9-17(18)20(26)25(19)13-15/h3-5,7,9-11,15H,12-13H2,1-2H3. The highest BCUT2D eigenvalue weighted by Crippen LogP contribution is 2.30. The van der Waals surface area contributed by atoms with Crippen LogP contribution in [-0.2, 0) is 13.0 Å². The van der Waals surface area contributed by atoms with Gasteiger partial charge in [0.15, 0.2) is 0 Å². The van der Waals surface area contributed by atoms with Crippen molar-refractivity contribution in [3.8, 4) is 11.8 Å². The van der Waals surface area contributed by atoms with Crippen LogP contribution in [0.4, 0.5) is 4.39 Å². The quantitative estimate of drug-likeness (QED) is 0.636. The molecule has 0 saturated heterocycles. The summed E-state index contributed by atoms with van der Waals surface area (Å²) in [7, 11) is 0. The van der Waals surface area contributed by atoms with Gasteiger partial charge in [0.1, 0.15) is 17.2 Å². The Morgan fingerprint density at radius 1 is 1.23 bits per heavy atom. The molecule has 3 aromatic rings. The number of rotatable bonds is 1. The van der Waals surface area contributed by atoms with Crippen molar-refractivity contribution in [2.45, 2.75) is 32.5 Å². The third-order valence-corrected chi connectivity index (χ3v) is 4.84. The number of alkyl halides is 1. The molecule has 26 heavy (non-hydrogen) atoms. The Bertz CT molecular complexity index is 1100. The summed E-state index contributed by atoms with van der Waals surface area (Å²) in [5, 5.41) is 0.537. The minimum atomic E-state index is -1.34. The Kier molecular flexibility index (Phi) is 3.84. The van der Waals surface area contributed by atoms with Gasteiger partial charge in [-0.15, -0.1) is 0 Å². The first-order valence-electron chi connectivity index (χ1n) is 8.57. The molecule has 1 atom stereocenters. The van der Waals surface area contributed by atoms with E-state index in [9.17, 15) is 9.18 Å². The van der Waals surface area contributed by atoms with Crippen LogP contribution in [0.15, 0.2) is 47.4 Å². The van der Waals surface area contributed by atoms with Crippen molar-refractivity contribution < 1.29 is 4.39 Å². The van der Waals surface area contributed by atoms with Gasteiger partial charge < -0.3 is 0 Å². The summed E-state index contributed by atoms with van der Waals surface area (Å²) < 4.78 is 15.9. The molecule has 130 valence electrons. The molecular formula is C21H18FN3O. The first kappa shape index (κ1) is 16.5. The number of aromatic nitrogens is 3. The second-order valence-corrected chi connectivity index (χ2v) is 7.11. The molecule has 2 aromatic heterocycles. The molecule has 0 N–H and O–H groups in total. The second kappa shape index (κ2) is 6.06. The number of hydrogen-bond donors (Lipinski definition) is 0. The number of hydrogen-bond acceptors (Lipinski definition) is 3. The van der Waals surface area contributed by atoms with Gasteiger partial charge in [-0.05, 0) is 50.1 Å². The van der Waals surface area contributed by atoms with Crippen LogP contribution < -0.4 is 5.56 Å². The molecule has 0 saturated carbocycles. The van der Waals surface area contributed by atoms with Crippen molar-refractivity contribution in [2.75, 3.05) is 0 Å². The molecule has 1 aliphatic heterocycles. The van der Waals surface area contributed by atoms with E-state index in [1.54, 1.807) is 42.8 Å². The number of fused-ring (bicyclic) bond motifs is 2. The summed E-state index contributed by atoms with van der Waals surface area (Å²) in [4.78, 5) is 21.5. The van der Waals surface area contributed by atoms with Crippen molar-refractivity contribution in [1.29, 1.82) is 0 Å². The lowest BCUT2D eigenvalue weighted by atomic mass is 9.92. The number of nitrogens with zero attached hydrogens (tertiary/aromatic N) is 3. The molecule has 3 heterocycles. The molecule has 0 spiro atoms. The number of pyridine rings is 1. The Morgan fingerprint density at radius 2 is 2.08 bits per heavy atom. The topological polar surface area (TPSA) is 47.8 Å². The van der Waals surface area contributed by atoms with Gasteiger partial charge in [0.25, 0.3) is 5.56 Å². The molecular weight excluding hydrogens is 329 g/mol. The van der Waals surface area contributed by atoms with Crippen molar-refractivity contribution in [3.63, 3.8) is 0 Å². The minimum absolute atomic E-state index is 0.110. The third kappa shape index (κ3) is 2.99. The third-order valence-electron chi connectivity index (χ3n) is 4.84. The van der Waals surface area contributed by atoms with Gasteiger partial charge >= 0.3 is 0 Å². The van der Waals surface area contributed by atoms with E-state index in [0.29, 0.717) is 35.4 Å². The van der Waals surface area contributed by atoms with E-state index in [4.69, 9.17) is 0 Å². The fraction of sp³-hybridized carbons (Fsp3) is 0.286. The van der Waals surface area contributed by atoms with E-state index in [1.807, 2.05) is 18.2 Å². The molecule has 1 unspecified atom stereocenters. The lowest BCUT2D eigenvalue weighted by Crippen LogP contribution is -2.28. The highest BCUT2D eigenvalue weighted by atomic mass is 19.1. The van der Waals surface area contributed by atoms with Crippen LogP contribution in [0.3, 0.4) is 0 Å². The monoisotopic (exact) mass is 347 g/mol. The minimum Gasteiger partial charge on any atom is -0.296 e. The number of benzene rings is 1. The average Bonchev–Trinajstić information content (AvgIpc) is 3.05. The maximum atomic E-state index is 14.3. The highest BCUT2D eigenvalue weighted by Gasteiger charge is 2.36. The van der Waals surface area contributed by atoms with Gasteiger partial charge in [-0.3, -0.25) is 9.36 Å². The molecule has 0 fully saturated rings. The van der Waals surface area contributed by atoms with Gasteiger partial charge in [0.05, 0.1) is 10.9 Å². The summed E-state index contributed by atoms with van der Waals surface area (Å²) in [5.41, 5.74) is 0.599. The van der Waals surface area contributed by atoms with Crippen LogP contribution in [0, 0.1) is 17.8 Å². The SMILES string of the molecule is CC(C)(F)C1Cc2nc3cc(C#Cc4ccccn4)ccc3c(=O)n2C1. The molecule has 0 bridgehead atoms. The van der Waals surface area contributed by atoms with Crippen LogP contribution in [0.1, 0.15) is 30.9 Å². The molecule has 5 heteroatoms. The van der Waals surface area contributed by atoms with E-state index in [-0.39, 0.29) is 11.5 Å². The summed E-state index contributed by atoms with van der Waals surface area (Å²) in [6.07, 6.45) is 2.16. The maximum absolute atomic E-state index is 14.3. The summed E-state index contributed by atoms with van der Waals surface area (Å²) in [6.45, 7) is 3.49.